The third-order valence-electron chi connectivity index (χ3n) is 3.52. The molecule has 2 amide bonds. The molecule has 0 aromatic heterocycles. The molecule has 28 heavy (non-hydrogen) atoms. The minimum atomic E-state index is -4.96. The van der Waals surface area contributed by atoms with Gasteiger partial charge in [0.1, 0.15) is 0 Å². The second-order valence-corrected chi connectivity index (χ2v) is 6.50. The predicted molar refractivity (Wildman–Crippen MR) is 102 cm³/mol. The molecule has 0 heterocycles. The first-order valence-corrected chi connectivity index (χ1v) is 8.57. The lowest BCUT2D eigenvalue weighted by atomic mass is 10.1. The number of carbonyl (C=O) groups excluding carboxylic acids is 2. The topological polar surface area (TPSA) is 70.6 Å². The first-order chi connectivity index (χ1) is 13.1. The molecule has 0 fully saturated rings. The predicted octanol–water partition coefficient (Wildman–Crippen LogP) is 4.58. The summed E-state index contributed by atoms with van der Waals surface area (Å²) in [6.07, 6.45) is -4.93. The van der Waals surface area contributed by atoms with Crippen LogP contribution in [0.25, 0.3) is 0 Å². The highest BCUT2D eigenvalue weighted by Crippen LogP contribution is 2.23. The summed E-state index contributed by atoms with van der Waals surface area (Å²) < 4.78 is 36.7. The molecule has 0 bridgehead atoms. The normalized spacial score (nSPS) is 11.9. The van der Waals surface area contributed by atoms with Crippen LogP contribution in [0.5, 0.6) is 0 Å². The number of anilines is 1. The molecule has 2 aromatic carbocycles. The number of hydrogen-bond donors (Lipinski definition) is 2. The maximum Gasteiger partial charge on any atom is 0.471 e. The van der Waals surface area contributed by atoms with Crippen molar-refractivity contribution in [1.29, 1.82) is 0 Å². The molecule has 0 aliphatic rings. The first kappa shape index (κ1) is 21.7. The fraction of sp³-hybridized carbons (Fsp3) is 0.167. The minimum Gasteiger partial charge on any atom is -0.318 e. The van der Waals surface area contributed by atoms with Gasteiger partial charge < -0.3 is 5.32 Å². The molecule has 0 atom stereocenters. The summed E-state index contributed by atoms with van der Waals surface area (Å²) in [5.74, 6) is -2.44. The van der Waals surface area contributed by atoms with E-state index in [1.54, 1.807) is 30.4 Å². The Morgan fingerprint density at radius 2 is 1.68 bits per heavy atom. The third kappa shape index (κ3) is 6.24. The molecule has 0 saturated heterocycles. The molecular formula is C18H14Cl2F3N3O2. The van der Waals surface area contributed by atoms with Crippen LogP contribution in [0.2, 0.25) is 10.0 Å². The van der Waals surface area contributed by atoms with Crippen LogP contribution >= 0.6 is 23.2 Å². The fourth-order valence-corrected chi connectivity index (χ4v) is 2.40. The van der Waals surface area contributed by atoms with Gasteiger partial charge in [0.25, 0.3) is 0 Å². The van der Waals surface area contributed by atoms with Gasteiger partial charge in [-0.05, 0) is 42.3 Å². The van der Waals surface area contributed by atoms with Gasteiger partial charge in [0.15, 0.2) is 0 Å². The van der Waals surface area contributed by atoms with E-state index in [1.807, 2.05) is 0 Å². The lowest BCUT2D eigenvalue weighted by Gasteiger charge is -2.08. The number of amides is 2. The Kier molecular flexibility index (Phi) is 7.04. The van der Waals surface area contributed by atoms with E-state index in [9.17, 15) is 22.8 Å². The first-order valence-electron chi connectivity index (χ1n) is 7.82. The van der Waals surface area contributed by atoms with Crippen molar-refractivity contribution in [3.63, 3.8) is 0 Å². The van der Waals surface area contributed by atoms with Crippen LogP contribution in [-0.2, 0) is 16.0 Å². The highest BCUT2D eigenvalue weighted by atomic mass is 35.5. The molecule has 2 rings (SSSR count). The van der Waals surface area contributed by atoms with E-state index in [1.165, 1.54) is 24.3 Å². The molecule has 0 unspecified atom stereocenters. The number of hydrogen-bond acceptors (Lipinski definition) is 3. The summed E-state index contributed by atoms with van der Waals surface area (Å²) in [6, 6.07) is 10.4. The lowest BCUT2D eigenvalue weighted by molar-refractivity contribution is -0.167. The lowest BCUT2D eigenvalue weighted by Crippen LogP contribution is -2.29. The van der Waals surface area contributed by atoms with E-state index in [2.05, 4.69) is 10.5 Å². The van der Waals surface area contributed by atoms with Crippen LogP contribution in [0.4, 0.5) is 18.9 Å². The second kappa shape index (κ2) is 9.07. The van der Waals surface area contributed by atoms with Crippen molar-refractivity contribution < 1.29 is 22.8 Å². The SMILES string of the molecule is CC(=NNC(=O)Cc1ccc(Cl)c(Cl)c1)c1ccc(NC(=O)C(F)(F)F)cc1. The maximum atomic E-state index is 12.2. The minimum absolute atomic E-state index is 0.0115. The molecular weight excluding hydrogens is 418 g/mol. The van der Waals surface area contributed by atoms with Gasteiger partial charge >= 0.3 is 12.1 Å². The Balaban J connectivity index is 1.96. The Morgan fingerprint density at radius 1 is 1.04 bits per heavy atom. The number of carbonyl (C=O) groups is 2. The zero-order chi connectivity index (χ0) is 20.9. The van der Waals surface area contributed by atoms with Gasteiger partial charge in [-0.15, -0.1) is 0 Å². The fourth-order valence-electron chi connectivity index (χ4n) is 2.08. The molecule has 10 heteroatoms. The van der Waals surface area contributed by atoms with Gasteiger partial charge in [-0.25, -0.2) is 5.43 Å². The summed E-state index contributed by atoms with van der Waals surface area (Å²) in [6.45, 7) is 1.61. The summed E-state index contributed by atoms with van der Waals surface area (Å²) in [4.78, 5) is 22.9. The summed E-state index contributed by atoms with van der Waals surface area (Å²) in [5, 5.41) is 6.41. The highest BCUT2D eigenvalue weighted by molar-refractivity contribution is 6.42. The van der Waals surface area contributed by atoms with Crippen molar-refractivity contribution >= 4 is 46.4 Å². The van der Waals surface area contributed by atoms with Crippen LogP contribution in [0.1, 0.15) is 18.1 Å². The number of halogens is 5. The van der Waals surface area contributed by atoms with Gasteiger partial charge in [-0.3, -0.25) is 9.59 Å². The number of nitrogens with zero attached hydrogens (tertiary/aromatic N) is 1. The average molecular weight is 432 g/mol. The van der Waals surface area contributed by atoms with E-state index < -0.39 is 12.1 Å². The van der Waals surface area contributed by atoms with Gasteiger partial charge in [0, 0.05) is 5.69 Å². The van der Waals surface area contributed by atoms with E-state index in [0.717, 1.165) is 0 Å². The van der Waals surface area contributed by atoms with Gasteiger partial charge in [0.2, 0.25) is 5.91 Å². The van der Waals surface area contributed by atoms with Crippen LogP contribution in [-0.4, -0.2) is 23.7 Å². The molecule has 0 spiro atoms. The van der Waals surface area contributed by atoms with E-state index >= 15 is 0 Å². The molecule has 0 aliphatic heterocycles. The largest absolute Gasteiger partial charge is 0.471 e. The second-order valence-electron chi connectivity index (χ2n) is 5.69. The van der Waals surface area contributed by atoms with Crippen LogP contribution < -0.4 is 10.7 Å². The zero-order valence-electron chi connectivity index (χ0n) is 14.4. The van der Waals surface area contributed by atoms with Crippen LogP contribution in [0.15, 0.2) is 47.6 Å². The third-order valence-corrected chi connectivity index (χ3v) is 4.25. The molecule has 2 aromatic rings. The van der Waals surface area contributed by atoms with E-state index in [-0.39, 0.29) is 18.0 Å². The van der Waals surface area contributed by atoms with Gasteiger partial charge in [0.05, 0.1) is 22.2 Å². The molecule has 5 nitrogen and oxygen atoms in total. The molecule has 0 saturated carbocycles. The highest BCUT2D eigenvalue weighted by Gasteiger charge is 2.38. The maximum absolute atomic E-state index is 12.2. The molecule has 148 valence electrons. The van der Waals surface area contributed by atoms with E-state index in [4.69, 9.17) is 23.2 Å². The summed E-state index contributed by atoms with van der Waals surface area (Å²) in [7, 11) is 0. The monoisotopic (exact) mass is 431 g/mol. The summed E-state index contributed by atoms with van der Waals surface area (Å²) >= 11 is 11.7. The van der Waals surface area contributed by atoms with E-state index in [0.29, 0.717) is 26.9 Å². The molecule has 0 radical (unpaired) electrons. The number of benzene rings is 2. The molecule has 0 aliphatic carbocycles. The van der Waals surface area contributed by atoms with Crippen molar-refractivity contribution in [2.24, 2.45) is 5.10 Å². The number of rotatable bonds is 5. The number of nitrogens with one attached hydrogen (secondary N) is 2. The number of alkyl halides is 3. The van der Waals surface area contributed by atoms with Crippen molar-refractivity contribution in [2.75, 3.05) is 5.32 Å². The molecule has 2 N–H and O–H groups in total. The summed E-state index contributed by atoms with van der Waals surface area (Å²) in [5.41, 5.74) is 4.01. The Morgan fingerprint density at radius 3 is 2.25 bits per heavy atom. The number of hydrazone groups is 1. The zero-order valence-corrected chi connectivity index (χ0v) is 15.9. The standard InChI is InChI=1S/C18H14Cl2F3N3O2/c1-10(12-3-5-13(6-4-12)24-17(28)18(21,22)23)25-26-16(27)9-11-2-7-14(19)15(20)8-11/h2-8H,9H2,1H3,(H,24,28)(H,26,27). The smallest absolute Gasteiger partial charge is 0.318 e. The quantitative estimate of drug-likeness (QED) is 0.537. The average Bonchev–Trinajstić information content (AvgIpc) is 2.62. The Bertz CT molecular complexity index is 913. The Hall–Kier alpha value is -2.58. The van der Waals surface area contributed by atoms with Crippen molar-refractivity contribution in [1.82, 2.24) is 5.43 Å². The van der Waals surface area contributed by atoms with Crippen LogP contribution in [0.3, 0.4) is 0 Å². The van der Waals surface area contributed by atoms with Gasteiger partial charge in [-0.1, -0.05) is 41.4 Å². The van der Waals surface area contributed by atoms with Crippen molar-refractivity contribution in [3.05, 3.63) is 63.6 Å². The van der Waals surface area contributed by atoms with Crippen molar-refractivity contribution in [2.45, 2.75) is 19.5 Å². The van der Waals surface area contributed by atoms with Crippen molar-refractivity contribution in [3.8, 4) is 0 Å². The van der Waals surface area contributed by atoms with Gasteiger partial charge in [-0.2, -0.15) is 18.3 Å². The Labute approximate surface area is 168 Å². The van der Waals surface area contributed by atoms with Crippen LogP contribution in [0, 0.1) is 0 Å².